The monoisotopic (exact) mass is 282 g/mol. The van der Waals surface area contributed by atoms with Gasteiger partial charge in [0.1, 0.15) is 29.8 Å². The Kier molecular flexibility index (Phi) is 3.93. The largest absolute Gasteiger partial charge is 0.489 e. The zero-order valence-electron chi connectivity index (χ0n) is 10.1. The molecule has 0 saturated heterocycles. The Balaban J connectivity index is 2.18. The van der Waals surface area contributed by atoms with Crippen molar-refractivity contribution < 1.29 is 27.8 Å². The number of carboxylic acids is 1. The van der Waals surface area contributed by atoms with Crippen LogP contribution in [0, 0.1) is 17.5 Å². The SMILES string of the molecule is O=C(O)c1ccc(F)c(COc2cc(F)cc(F)c2)c1. The lowest BCUT2D eigenvalue weighted by atomic mass is 10.1. The first kappa shape index (κ1) is 13.9. The maximum atomic E-state index is 13.5. The van der Waals surface area contributed by atoms with Crippen LogP contribution in [0.3, 0.4) is 0 Å². The van der Waals surface area contributed by atoms with Gasteiger partial charge in [0.05, 0.1) is 5.56 Å². The summed E-state index contributed by atoms with van der Waals surface area (Å²) in [7, 11) is 0. The van der Waals surface area contributed by atoms with Crippen molar-refractivity contribution in [1.29, 1.82) is 0 Å². The fourth-order valence-electron chi connectivity index (χ4n) is 1.59. The van der Waals surface area contributed by atoms with Crippen molar-refractivity contribution in [1.82, 2.24) is 0 Å². The lowest BCUT2D eigenvalue weighted by Gasteiger charge is -2.08. The summed E-state index contributed by atoms with van der Waals surface area (Å²) in [6, 6.07) is 5.78. The van der Waals surface area contributed by atoms with E-state index in [0.717, 1.165) is 30.3 Å². The molecule has 0 bridgehead atoms. The molecule has 2 aromatic rings. The zero-order chi connectivity index (χ0) is 14.7. The number of carboxylic acid groups (broad SMARTS) is 1. The standard InChI is InChI=1S/C14H9F3O3/c15-10-4-11(16)6-12(5-10)20-7-9-3-8(14(18)19)1-2-13(9)17/h1-6H,7H2,(H,18,19). The molecule has 6 heteroatoms. The van der Waals surface area contributed by atoms with Gasteiger partial charge in [-0.25, -0.2) is 18.0 Å². The molecule has 0 amide bonds. The molecule has 0 unspecified atom stereocenters. The highest BCUT2D eigenvalue weighted by atomic mass is 19.1. The Labute approximate surface area is 112 Å². The van der Waals surface area contributed by atoms with Gasteiger partial charge in [-0.15, -0.1) is 0 Å². The molecule has 1 N–H and O–H groups in total. The third kappa shape index (κ3) is 3.28. The second kappa shape index (κ2) is 5.64. The lowest BCUT2D eigenvalue weighted by molar-refractivity contribution is 0.0696. The summed E-state index contributed by atoms with van der Waals surface area (Å²) in [6.07, 6.45) is 0. The number of benzene rings is 2. The second-order valence-corrected chi connectivity index (χ2v) is 4.01. The second-order valence-electron chi connectivity index (χ2n) is 4.01. The molecule has 2 aromatic carbocycles. The molecule has 0 atom stereocenters. The van der Waals surface area contributed by atoms with Gasteiger partial charge in [-0.05, 0) is 18.2 Å². The summed E-state index contributed by atoms with van der Waals surface area (Å²) in [5, 5.41) is 8.80. The van der Waals surface area contributed by atoms with Crippen LogP contribution in [0.25, 0.3) is 0 Å². The van der Waals surface area contributed by atoms with Gasteiger partial charge < -0.3 is 9.84 Å². The van der Waals surface area contributed by atoms with E-state index >= 15 is 0 Å². The first-order valence-corrected chi connectivity index (χ1v) is 5.56. The van der Waals surface area contributed by atoms with Gasteiger partial charge >= 0.3 is 5.97 Å². The average Bonchev–Trinajstić information content (AvgIpc) is 2.36. The van der Waals surface area contributed by atoms with E-state index in [0.29, 0.717) is 6.07 Å². The summed E-state index contributed by atoms with van der Waals surface area (Å²) in [5.74, 6) is -3.61. The Hall–Kier alpha value is -2.50. The Morgan fingerprint density at radius 2 is 1.70 bits per heavy atom. The van der Waals surface area contributed by atoms with Crippen LogP contribution < -0.4 is 4.74 Å². The van der Waals surface area contributed by atoms with Crippen LogP contribution in [0.1, 0.15) is 15.9 Å². The summed E-state index contributed by atoms with van der Waals surface area (Å²) in [5.41, 5.74) is -0.120. The summed E-state index contributed by atoms with van der Waals surface area (Å²) >= 11 is 0. The normalized spacial score (nSPS) is 10.3. The predicted octanol–water partition coefficient (Wildman–Crippen LogP) is 3.38. The number of hydrogen-bond donors (Lipinski definition) is 1. The summed E-state index contributed by atoms with van der Waals surface area (Å²) in [4.78, 5) is 10.8. The molecule has 20 heavy (non-hydrogen) atoms. The molecular weight excluding hydrogens is 273 g/mol. The van der Waals surface area contributed by atoms with Crippen LogP contribution in [0.2, 0.25) is 0 Å². The Bertz CT molecular complexity index is 636. The number of ether oxygens (including phenoxy) is 1. The Morgan fingerprint density at radius 3 is 2.30 bits per heavy atom. The lowest BCUT2D eigenvalue weighted by Crippen LogP contribution is -2.03. The quantitative estimate of drug-likeness (QED) is 0.935. The van der Waals surface area contributed by atoms with E-state index in [2.05, 4.69) is 0 Å². The van der Waals surface area contributed by atoms with Gasteiger partial charge in [0.25, 0.3) is 0 Å². The fourth-order valence-corrected chi connectivity index (χ4v) is 1.59. The van der Waals surface area contributed by atoms with Crippen LogP contribution in [0.5, 0.6) is 5.75 Å². The van der Waals surface area contributed by atoms with Crippen LogP contribution in [0.4, 0.5) is 13.2 Å². The minimum Gasteiger partial charge on any atom is -0.489 e. The average molecular weight is 282 g/mol. The van der Waals surface area contributed by atoms with Crippen LogP contribution in [-0.2, 0) is 6.61 Å². The minimum absolute atomic E-state index is 0.0189. The number of rotatable bonds is 4. The van der Waals surface area contributed by atoms with Crippen LogP contribution in [0.15, 0.2) is 36.4 Å². The smallest absolute Gasteiger partial charge is 0.335 e. The van der Waals surface area contributed by atoms with Crippen molar-refractivity contribution in [3.8, 4) is 5.75 Å². The van der Waals surface area contributed by atoms with Crippen molar-refractivity contribution >= 4 is 5.97 Å². The third-order valence-corrected chi connectivity index (χ3v) is 2.52. The highest BCUT2D eigenvalue weighted by molar-refractivity contribution is 5.87. The van der Waals surface area contributed by atoms with Crippen molar-refractivity contribution in [2.24, 2.45) is 0 Å². The van der Waals surface area contributed by atoms with E-state index in [-0.39, 0.29) is 23.5 Å². The summed E-state index contributed by atoms with van der Waals surface area (Å²) in [6.45, 7) is -0.337. The van der Waals surface area contributed by atoms with E-state index < -0.39 is 23.4 Å². The number of hydrogen-bond acceptors (Lipinski definition) is 2. The molecule has 0 aliphatic heterocycles. The first-order chi connectivity index (χ1) is 9.45. The molecule has 0 aliphatic rings. The molecule has 0 radical (unpaired) electrons. The number of carbonyl (C=O) groups is 1. The molecule has 2 rings (SSSR count). The maximum absolute atomic E-state index is 13.5. The number of halogens is 3. The van der Waals surface area contributed by atoms with E-state index in [1.54, 1.807) is 0 Å². The number of aromatic carboxylic acids is 1. The maximum Gasteiger partial charge on any atom is 0.335 e. The van der Waals surface area contributed by atoms with Gasteiger partial charge in [0.15, 0.2) is 0 Å². The molecule has 0 aromatic heterocycles. The highest BCUT2D eigenvalue weighted by Gasteiger charge is 2.09. The minimum atomic E-state index is -1.21. The first-order valence-electron chi connectivity index (χ1n) is 5.56. The van der Waals surface area contributed by atoms with E-state index in [1.165, 1.54) is 0 Å². The molecule has 0 spiro atoms. The molecular formula is C14H9F3O3. The van der Waals surface area contributed by atoms with Crippen molar-refractivity contribution in [2.45, 2.75) is 6.61 Å². The van der Waals surface area contributed by atoms with Gasteiger partial charge in [0.2, 0.25) is 0 Å². The van der Waals surface area contributed by atoms with Crippen molar-refractivity contribution in [3.05, 3.63) is 65.0 Å². The molecule has 0 saturated carbocycles. The Morgan fingerprint density at radius 1 is 1.05 bits per heavy atom. The third-order valence-electron chi connectivity index (χ3n) is 2.52. The summed E-state index contributed by atoms with van der Waals surface area (Å²) < 4.78 is 44.4. The van der Waals surface area contributed by atoms with E-state index in [4.69, 9.17) is 9.84 Å². The van der Waals surface area contributed by atoms with E-state index in [9.17, 15) is 18.0 Å². The van der Waals surface area contributed by atoms with Gasteiger partial charge in [0, 0.05) is 23.8 Å². The van der Waals surface area contributed by atoms with Gasteiger partial charge in [-0.1, -0.05) is 0 Å². The fraction of sp³-hybridized carbons (Fsp3) is 0.0714. The zero-order valence-corrected chi connectivity index (χ0v) is 10.1. The topological polar surface area (TPSA) is 46.5 Å². The molecule has 104 valence electrons. The van der Waals surface area contributed by atoms with Crippen LogP contribution in [-0.4, -0.2) is 11.1 Å². The van der Waals surface area contributed by atoms with Crippen molar-refractivity contribution in [3.63, 3.8) is 0 Å². The highest BCUT2D eigenvalue weighted by Crippen LogP contribution is 2.18. The van der Waals surface area contributed by atoms with Gasteiger partial charge in [-0.3, -0.25) is 0 Å². The van der Waals surface area contributed by atoms with E-state index in [1.807, 2.05) is 0 Å². The van der Waals surface area contributed by atoms with Crippen LogP contribution >= 0.6 is 0 Å². The van der Waals surface area contributed by atoms with Crippen molar-refractivity contribution in [2.75, 3.05) is 0 Å². The predicted molar refractivity (Wildman–Crippen MR) is 64.0 cm³/mol. The molecule has 0 aliphatic carbocycles. The molecule has 0 heterocycles. The van der Waals surface area contributed by atoms with Gasteiger partial charge in [-0.2, -0.15) is 0 Å². The molecule has 3 nitrogen and oxygen atoms in total. The molecule has 0 fully saturated rings.